The third-order valence-corrected chi connectivity index (χ3v) is 6.56. The van der Waals surface area contributed by atoms with E-state index in [0.29, 0.717) is 17.7 Å². The van der Waals surface area contributed by atoms with E-state index in [4.69, 9.17) is 4.74 Å². The second-order valence-electron chi connectivity index (χ2n) is 7.28. The van der Waals surface area contributed by atoms with Gasteiger partial charge >= 0.3 is 0 Å². The van der Waals surface area contributed by atoms with Crippen LogP contribution < -0.4 is 4.74 Å². The maximum absolute atomic E-state index is 10.5. The van der Waals surface area contributed by atoms with Gasteiger partial charge in [0.25, 0.3) is 0 Å². The van der Waals surface area contributed by atoms with Crippen molar-refractivity contribution >= 4 is 0 Å². The van der Waals surface area contributed by atoms with Gasteiger partial charge in [-0.25, -0.2) is 0 Å². The van der Waals surface area contributed by atoms with Crippen molar-refractivity contribution < 1.29 is 14.9 Å². The molecule has 0 radical (unpaired) electrons. The van der Waals surface area contributed by atoms with Crippen molar-refractivity contribution in [1.82, 2.24) is 4.90 Å². The number of hydrogen-bond acceptors (Lipinski definition) is 4. The maximum Gasteiger partial charge on any atom is 0.165 e. The van der Waals surface area contributed by atoms with Crippen LogP contribution in [0.1, 0.15) is 30.4 Å². The number of nitrogens with zero attached hydrogens (tertiary/aromatic N) is 1. The van der Waals surface area contributed by atoms with Gasteiger partial charge in [0, 0.05) is 17.0 Å². The summed E-state index contributed by atoms with van der Waals surface area (Å²) in [6, 6.07) is 4.36. The molecule has 0 unspecified atom stereocenters. The van der Waals surface area contributed by atoms with Gasteiger partial charge in [-0.05, 0) is 56.8 Å². The molecule has 2 aliphatic heterocycles. The summed E-state index contributed by atoms with van der Waals surface area (Å²) in [4.78, 5) is 2.48. The van der Waals surface area contributed by atoms with E-state index in [-0.39, 0.29) is 17.3 Å². The molecule has 2 fully saturated rings. The monoisotopic (exact) mass is 287 g/mol. The molecule has 112 valence electrons. The highest BCUT2D eigenvalue weighted by Crippen LogP contribution is 2.63. The first kappa shape index (κ1) is 12.3. The molecule has 0 amide bonds. The normalized spacial score (nSPS) is 43.3. The van der Waals surface area contributed by atoms with E-state index in [1.165, 1.54) is 11.1 Å². The largest absolute Gasteiger partial charge is 0.504 e. The number of aliphatic hydroxyl groups excluding tert-OH is 1. The van der Waals surface area contributed by atoms with Crippen LogP contribution in [-0.4, -0.2) is 47.0 Å². The molecule has 1 aromatic rings. The third kappa shape index (κ3) is 1.25. The standard InChI is InChI=1S/C17H21NO3/c1-18-7-6-17-10-3-5-13(20)16(17)21-15-12(19)4-2-9(14(15)17)8-11(10)18/h2,4,10-11,13,16,19-20H,3,5-8H2,1H3/t10-,11+,13+,16+,17-/m0/s1. The molecule has 4 nitrogen and oxygen atoms in total. The van der Waals surface area contributed by atoms with Crippen LogP contribution in [0.25, 0.3) is 0 Å². The number of piperidine rings is 1. The second-order valence-corrected chi connectivity index (χ2v) is 7.28. The summed E-state index contributed by atoms with van der Waals surface area (Å²) in [5.41, 5.74) is 2.46. The number of rotatable bonds is 0. The van der Waals surface area contributed by atoms with Crippen molar-refractivity contribution in [3.05, 3.63) is 23.3 Å². The lowest BCUT2D eigenvalue weighted by atomic mass is 9.51. The predicted octanol–water partition coefficient (Wildman–Crippen LogP) is 1.42. The highest BCUT2D eigenvalue weighted by Gasteiger charge is 2.65. The fourth-order valence-corrected chi connectivity index (χ4v) is 5.71. The Morgan fingerprint density at radius 2 is 2.19 bits per heavy atom. The number of likely N-dealkylation sites (N-methyl/N-ethyl adjacent to an activating group) is 1. The van der Waals surface area contributed by atoms with Gasteiger partial charge < -0.3 is 19.8 Å². The van der Waals surface area contributed by atoms with Crippen LogP contribution in [-0.2, 0) is 11.8 Å². The number of aromatic hydroxyl groups is 1. The quantitative estimate of drug-likeness (QED) is 0.758. The summed E-state index contributed by atoms with van der Waals surface area (Å²) in [7, 11) is 2.22. The first-order valence-corrected chi connectivity index (χ1v) is 8.03. The van der Waals surface area contributed by atoms with Crippen LogP contribution in [0.4, 0.5) is 0 Å². The fraction of sp³-hybridized carbons (Fsp3) is 0.647. The fourth-order valence-electron chi connectivity index (χ4n) is 5.71. The highest BCUT2D eigenvalue weighted by molar-refractivity contribution is 5.60. The second kappa shape index (κ2) is 3.73. The lowest BCUT2D eigenvalue weighted by Crippen LogP contribution is -2.66. The van der Waals surface area contributed by atoms with Crippen molar-refractivity contribution in [1.29, 1.82) is 0 Å². The SMILES string of the molecule is CN1CC[C@]23c4c5ccc(O)c4O[C@@H]2[C@H](O)CC[C@H]3[C@H]1C5. The molecule has 1 spiro atoms. The van der Waals surface area contributed by atoms with E-state index in [9.17, 15) is 10.2 Å². The van der Waals surface area contributed by atoms with Gasteiger partial charge in [0.2, 0.25) is 0 Å². The Morgan fingerprint density at radius 3 is 3.05 bits per heavy atom. The summed E-state index contributed by atoms with van der Waals surface area (Å²) in [6.45, 7) is 1.04. The molecule has 2 bridgehead atoms. The van der Waals surface area contributed by atoms with E-state index in [2.05, 4.69) is 18.0 Å². The van der Waals surface area contributed by atoms with Gasteiger partial charge in [-0.15, -0.1) is 0 Å². The number of aliphatic hydroxyl groups is 1. The highest BCUT2D eigenvalue weighted by atomic mass is 16.5. The lowest BCUT2D eigenvalue weighted by Gasteiger charge is -2.58. The topological polar surface area (TPSA) is 52.9 Å². The van der Waals surface area contributed by atoms with E-state index in [1.54, 1.807) is 6.07 Å². The molecule has 2 heterocycles. The van der Waals surface area contributed by atoms with Gasteiger partial charge in [-0.1, -0.05) is 6.07 Å². The van der Waals surface area contributed by atoms with Crippen molar-refractivity contribution in [2.75, 3.05) is 13.6 Å². The van der Waals surface area contributed by atoms with Gasteiger partial charge in [0.05, 0.1) is 6.10 Å². The molecule has 0 aromatic heterocycles. The van der Waals surface area contributed by atoms with Gasteiger partial charge in [0.1, 0.15) is 6.10 Å². The molecule has 1 saturated carbocycles. The average Bonchev–Trinajstić information content (AvgIpc) is 2.83. The Kier molecular flexibility index (Phi) is 2.19. The molecule has 1 aromatic carbocycles. The Labute approximate surface area is 124 Å². The van der Waals surface area contributed by atoms with Crippen LogP contribution in [0, 0.1) is 5.92 Å². The molecule has 2 aliphatic carbocycles. The number of hydrogen-bond donors (Lipinski definition) is 2. The van der Waals surface area contributed by atoms with Crippen molar-refractivity contribution in [2.45, 2.75) is 49.3 Å². The molecular weight excluding hydrogens is 266 g/mol. The van der Waals surface area contributed by atoms with Crippen molar-refractivity contribution in [3.8, 4) is 11.5 Å². The number of benzene rings is 1. The average molecular weight is 287 g/mol. The summed E-state index contributed by atoms with van der Waals surface area (Å²) in [5, 5.41) is 20.8. The van der Waals surface area contributed by atoms with Crippen LogP contribution >= 0.6 is 0 Å². The zero-order valence-corrected chi connectivity index (χ0v) is 12.2. The molecule has 5 rings (SSSR count). The smallest absolute Gasteiger partial charge is 0.165 e. The van der Waals surface area contributed by atoms with E-state index in [0.717, 1.165) is 32.2 Å². The van der Waals surface area contributed by atoms with E-state index >= 15 is 0 Å². The molecule has 4 heteroatoms. The van der Waals surface area contributed by atoms with Crippen LogP contribution in [0.15, 0.2) is 12.1 Å². The first-order chi connectivity index (χ1) is 10.1. The maximum atomic E-state index is 10.5. The molecule has 5 atom stereocenters. The first-order valence-electron chi connectivity index (χ1n) is 8.03. The molecule has 2 N–H and O–H groups in total. The Hall–Kier alpha value is -1.26. The summed E-state index contributed by atoms with van der Waals surface area (Å²) < 4.78 is 6.14. The minimum Gasteiger partial charge on any atom is -0.504 e. The number of ether oxygens (including phenoxy) is 1. The van der Waals surface area contributed by atoms with Crippen molar-refractivity contribution in [3.63, 3.8) is 0 Å². The summed E-state index contributed by atoms with van der Waals surface area (Å²) >= 11 is 0. The minimum absolute atomic E-state index is 0.0729. The van der Waals surface area contributed by atoms with Gasteiger partial charge in [-0.3, -0.25) is 0 Å². The number of likely N-dealkylation sites (tertiary alicyclic amines) is 1. The van der Waals surface area contributed by atoms with Crippen LogP contribution in [0.3, 0.4) is 0 Å². The molecular formula is C17H21NO3. The number of phenols is 1. The molecule has 1 saturated heterocycles. The van der Waals surface area contributed by atoms with Crippen LogP contribution in [0.5, 0.6) is 11.5 Å². The van der Waals surface area contributed by atoms with Gasteiger partial charge in [-0.2, -0.15) is 0 Å². The summed E-state index contributed by atoms with van der Waals surface area (Å²) in [5.74, 6) is 1.44. The Balaban J connectivity index is 1.81. The summed E-state index contributed by atoms with van der Waals surface area (Å²) in [6.07, 6.45) is 3.35. The molecule has 4 aliphatic rings. The zero-order chi connectivity index (χ0) is 14.4. The lowest BCUT2D eigenvalue weighted by molar-refractivity contribution is -0.0993. The van der Waals surface area contributed by atoms with E-state index in [1.807, 2.05) is 0 Å². The van der Waals surface area contributed by atoms with Crippen LogP contribution in [0.2, 0.25) is 0 Å². The third-order valence-electron chi connectivity index (χ3n) is 6.56. The minimum atomic E-state index is -0.414. The molecule has 21 heavy (non-hydrogen) atoms. The van der Waals surface area contributed by atoms with Gasteiger partial charge in [0.15, 0.2) is 11.5 Å². The predicted molar refractivity (Wildman–Crippen MR) is 77.7 cm³/mol. The van der Waals surface area contributed by atoms with E-state index < -0.39 is 6.10 Å². The Morgan fingerprint density at radius 1 is 1.33 bits per heavy atom. The van der Waals surface area contributed by atoms with Crippen molar-refractivity contribution in [2.24, 2.45) is 5.92 Å². The Bertz CT molecular complexity index is 631. The zero-order valence-electron chi connectivity index (χ0n) is 12.2. The number of phenolic OH excluding ortho intramolecular Hbond substituents is 1.